The summed E-state index contributed by atoms with van der Waals surface area (Å²) in [5.74, 6) is 1.25. The van der Waals surface area contributed by atoms with Gasteiger partial charge >= 0.3 is 0 Å². The minimum absolute atomic E-state index is 0.166. The molecule has 25 heavy (non-hydrogen) atoms. The van der Waals surface area contributed by atoms with Crippen LogP contribution in [-0.2, 0) is 0 Å². The quantitative estimate of drug-likeness (QED) is 0.870. The van der Waals surface area contributed by atoms with E-state index in [1.807, 2.05) is 6.07 Å². The molecule has 136 valence electrons. The van der Waals surface area contributed by atoms with Gasteiger partial charge in [0.1, 0.15) is 5.82 Å². The highest BCUT2D eigenvalue weighted by molar-refractivity contribution is 7.13. The Bertz CT molecular complexity index is 700. The van der Waals surface area contributed by atoms with Crippen LogP contribution in [0.25, 0.3) is 10.1 Å². The highest BCUT2D eigenvalue weighted by atomic mass is 32.1. The molecule has 0 unspecified atom stereocenters. The minimum atomic E-state index is -0.166. The van der Waals surface area contributed by atoms with E-state index in [1.165, 1.54) is 68.7 Å². The molecule has 1 aliphatic heterocycles. The number of halogens is 1. The molecule has 1 aliphatic carbocycles. The predicted octanol–water partition coefficient (Wildman–Crippen LogP) is 4.52. The molecule has 0 radical (unpaired) electrons. The number of nitrogens with zero attached hydrogens (tertiary/aromatic N) is 2. The van der Waals surface area contributed by atoms with Crippen LogP contribution in [0.1, 0.15) is 56.6 Å². The fraction of sp³-hybridized carbons (Fsp3) is 0.650. The van der Waals surface area contributed by atoms with Gasteiger partial charge in [0.2, 0.25) is 0 Å². The molecule has 1 aromatic heterocycles. The van der Waals surface area contributed by atoms with Gasteiger partial charge in [0, 0.05) is 17.3 Å². The summed E-state index contributed by atoms with van der Waals surface area (Å²) in [6.45, 7) is 3.56. The van der Waals surface area contributed by atoms with Gasteiger partial charge in [-0.25, -0.2) is 4.39 Å². The molecule has 2 fully saturated rings. The Labute approximate surface area is 153 Å². The molecule has 1 saturated carbocycles. The molecular weight excluding hydrogens is 333 g/mol. The zero-order valence-corrected chi connectivity index (χ0v) is 15.6. The summed E-state index contributed by atoms with van der Waals surface area (Å²) in [6, 6.07) is 5.53. The lowest BCUT2D eigenvalue weighted by atomic mass is 9.84. The monoisotopic (exact) mass is 361 g/mol. The Morgan fingerprint density at radius 3 is 2.64 bits per heavy atom. The maximum absolute atomic E-state index is 13.4. The van der Waals surface area contributed by atoms with Crippen molar-refractivity contribution < 1.29 is 4.39 Å². The van der Waals surface area contributed by atoms with Gasteiger partial charge in [0.15, 0.2) is 0 Å². The van der Waals surface area contributed by atoms with Crippen molar-refractivity contribution in [2.24, 2.45) is 11.7 Å². The molecule has 1 saturated heterocycles. The SMILES string of the molecule is NC1CCC(CCN2CCC(c3nsc4cc(F)ccc34)CC2)CC1. The molecule has 2 heterocycles. The molecule has 0 atom stereocenters. The summed E-state index contributed by atoms with van der Waals surface area (Å²) in [7, 11) is 0. The van der Waals surface area contributed by atoms with E-state index in [0.29, 0.717) is 12.0 Å². The van der Waals surface area contributed by atoms with E-state index in [0.717, 1.165) is 29.1 Å². The van der Waals surface area contributed by atoms with E-state index in [-0.39, 0.29) is 5.82 Å². The van der Waals surface area contributed by atoms with E-state index >= 15 is 0 Å². The van der Waals surface area contributed by atoms with Crippen molar-refractivity contribution in [3.8, 4) is 0 Å². The molecule has 0 bridgehead atoms. The van der Waals surface area contributed by atoms with Gasteiger partial charge in [0.25, 0.3) is 0 Å². The molecule has 2 aliphatic rings. The van der Waals surface area contributed by atoms with E-state index in [4.69, 9.17) is 5.73 Å². The molecule has 4 rings (SSSR count). The number of benzene rings is 1. The fourth-order valence-corrected chi connectivity index (χ4v) is 5.38. The molecule has 0 amide bonds. The lowest BCUT2D eigenvalue weighted by Gasteiger charge is -2.33. The van der Waals surface area contributed by atoms with E-state index in [9.17, 15) is 4.39 Å². The molecule has 0 spiro atoms. The molecule has 3 nitrogen and oxygen atoms in total. The average Bonchev–Trinajstić information content (AvgIpc) is 3.04. The summed E-state index contributed by atoms with van der Waals surface area (Å²) in [6.07, 6.45) is 8.74. The van der Waals surface area contributed by atoms with Crippen molar-refractivity contribution in [1.82, 2.24) is 9.27 Å². The summed E-state index contributed by atoms with van der Waals surface area (Å²) in [4.78, 5) is 2.62. The first kappa shape index (κ1) is 17.4. The number of likely N-dealkylation sites (tertiary alicyclic amines) is 1. The van der Waals surface area contributed by atoms with Crippen molar-refractivity contribution in [3.05, 3.63) is 29.7 Å². The predicted molar refractivity (Wildman–Crippen MR) is 103 cm³/mol. The number of piperidine rings is 1. The second-order valence-electron chi connectivity index (χ2n) is 7.89. The number of fused-ring (bicyclic) bond motifs is 1. The van der Waals surface area contributed by atoms with Gasteiger partial charge < -0.3 is 10.6 Å². The third-order valence-electron chi connectivity index (χ3n) is 6.18. The maximum Gasteiger partial charge on any atom is 0.124 e. The Morgan fingerprint density at radius 2 is 1.88 bits per heavy atom. The van der Waals surface area contributed by atoms with Crippen molar-refractivity contribution in [1.29, 1.82) is 0 Å². The smallest absolute Gasteiger partial charge is 0.124 e. The van der Waals surface area contributed by atoms with Crippen LogP contribution in [0, 0.1) is 11.7 Å². The minimum Gasteiger partial charge on any atom is -0.328 e. The number of hydrogen-bond donors (Lipinski definition) is 1. The van der Waals surface area contributed by atoms with Crippen LogP contribution >= 0.6 is 11.5 Å². The number of rotatable bonds is 4. The third-order valence-corrected chi connectivity index (χ3v) is 7.00. The molecule has 2 aromatic rings. The zero-order chi connectivity index (χ0) is 17.2. The fourth-order valence-electron chi connectivity index (χ4n) is 4.50. The van der Waals surface area contributed by atoms with Crippen LogP contribution in [0.3, 0.4) is 0 Å². The Hall–Kier alpha value is -1.04. The van der Waals surface area contributed by atoms with E-state index in [2.05, 4.69) is 9.27 Å². The number of hydrogen-bond acceptors (Lipinski definition) is 4. The second-order valence-corrected chi connectivity index (χ2v) is 8.70. The first-order valence-electron chi connectivity index (χ1n) is 9.72. The Morgan fingerprint density at radius 1 is 1.12 bits per heavy atom. The number of aromatic nitrogens is 1. The molecule has 2 N–H and O–H groups in total. The average molecular weight is 362 g/mol. The van der Waals surface area contributed by atoms with Crippen LogP contribution in [0.5, 0.6) is 0 Å². The number of nitrogens with two attached hydrogens (primary N) is 1. The lowest BCUT2D eigenvalue weighted by Crippen LogP contribution is -2.35. The first-order chi connectivity index (χ1) is 12.2. The van der Waals surface area contributed by atoms with Crippen molar-refractivity contribution in [3.63, 3.8) is 0 Å². The second kappa shape index (κ2) is 7.68. The molecular formula is C20H28FN3S. The summed E-state index contributed by atoms with van der Waals surface area (Å²) >= 11 is 1.44. The van der Waals surface area contributed by atoms with E-state index < -0.39 is 0 Å². The van der Waals surface area contributed by atoms with Gasteiger partial charge in [-0.2, -0.15) is 4.37 Å². The Kier molecular flexibility index (Phi) is 5.34. The van der Waals surface area contributed by atoms with Gasteiger partial charge in [-0.3, -0.25) is 0 Å². The summed E-state index contributed by atoms with van der Waals surface area (Å²) in [5.41, 5.74) is 7.20. The standard InChI is InChI=1S/C20H28FN3S/c21-16-3-6-18-19(13-16)25-23-20(18)15-8-11-24(12-9-15)10-7-14-1-4-17(22)5-2-14/h3,6,13-15,17H,1-2,4-5,7-12,22H2. The topological polar surface area (TPSA) is 42.1 Å². The van der Waals surface area contributed by atoms with Crippen LogP contribution < -0.4 is 5.73 Å². The highest BCUT2D eigenvalue weighted by Crippen LogP contribution is 2.35. The van der Waals surface area contributed by atoms with Crippen LogP contribution in [0.2, 0.25) is 0 Å². The largest absolute Gasteiger partial charge is 0.328 e. The van der Waals surface area contributed by atoms with Crippen LogP contribution in [0.15, 0.2) is 18.2 Å². The Balaban J connectivity index is 1.29. The normalized spacial score (nSPS) is 26.3. The maximum atomic E-state index is 13.4. The summed E-state index contributed by atoms with van der Waals surface area (Å²) < 4.78 is 19.0. The van der Waals surface area contributed by atoms with Gasteiger partial charge in [-0.15, -0.1) is 0 Å². The summed E-state index contributed by atoms with van der Waals surface area (Å²) in [5, 5.41) is 1.16. The highest BCUT2D eigenvalue weighted by Gasteiger charge is 2.25. The van der Waals surface area contributed by atoms with Crippen LogP contribution in [-0.4, -0.2) is 34.9 Å². The zero-order valence-electron chi connectivity index (χ0n) is 14.8. The van der Waals surface area contributed by atoms with E-state index in [1.54, 1.807) is 12.1 Å². The lowest BCUT2D eigenvalue weighted by molar-refractivity contribution is 0.186. The molecule has 1 aromatic carbocycles. The van der Waals surface area contributed by atoms with Gasteiger partial charge in [-0.1, -0.05) is 0 Å². The first-order valence-corrected chi connectivity index (χ1v) is 10.5. The third kappa shape index (κ3) is 4.04. The van der Waals surface area contributed by atoms with Crippen molar-refractivity contribution >= 4 is 21.6 Å². The van der Waals surface area contributed by atoms with Gasteiger partial charge in [-0.05, 0) is 100 Å². The van der Waals surface area contributed by atoms with Crippen molar-refractivity contribution in [2.75, 3.05) is 19.6 Å². The van der Waals surface area contributed by atoms with Gasteiger partial charge in [0.05, 0.1) is 10.4 Å². The molecule has 5 heteroatoms. The van der Waals surface area contributed by atoms with Crippen molar-refractivity contribution in [2.45, 2.75) is 56.9 Å². The van der Waals surface area contributed by atoms with Crippen LogP contribution in [0.4, 0.5) is 4.39 Å².